The third kappa shape index (κ3) is 2.43. The normalized spacial score (nSPS) is 9.87. The molecule has 0 atom stereocenters. The summed E-state index contributed by atoms with van der Waals surface area (Å²) in [6.45, 7) is 0. The zero-order valence-corrected chi connectivity index (χ0v) is 8.00. The summed E-state index contributed by atoms with van der Waals surface area (Å²) in [4.78, 5) is 23.5. The minimum atomic E-state index is 0.00333. The number of rotatable bonds is 3. The lowest BCUT2D eigenvalue weighted by Gasteiger charge is -1.98. The smallest absolute Gasteiger partial charge is 0.170 e. The van der Waals surface area contributed by atoms with Crippen molar-refractivity contribution in [2.75, 3.05) is 0 Å². The summed E-state index contributed by atoms with van der Waals surface area (Å²) in [7, 11) is 0. The van der Waals surface area contributed by atoms with Crippen molar-refractivity contribution in [2.24, 2.45) is 0 Å². The second-order valence-electron chi connectivity index (χ2n) is 3.04. The first-order valence-corrected chi connectivity index (χ1v) is 4.54. The summed E-state index contributed by atoms with van der Waals surface area (Å²) in [5, 5.41) is 0. The Morgan fingerprint density at radius 1 is 1.13 bits per heavy atom. The molecule has 2 heterocycles. The van der Waals surface area contributed by atoms with E-state index in [-0.39, 0.29) is 12.2 Å². The van der Waals surface area contributed by atoms with Gasteiger partial charge in [-0.05, 0) is 12.1 Å². The van der Waals surface area contributed by atoms with Crippen molar-refractivity contribution in [3.8, 4) is 0 Å². The van der Waals surface area contributed by atoms with Crippen LogP contribution < -0.4 is 0 Å². The molecule has 0 saturated heterocycles. The topological polar surface area (TPSA) is 55.7 Å². The van der Waals surface area contributed by atoms with Crippen LogP contribution in [-0.4, -0.2) is 20.7 Å². The monoisotopic (exact) mass is 199 g/mol. The van der Waals surface area contributed by atoms with Crippen LogP contribution >= 0.6 is 0 Å². The third-order valence-electron chi connectivity index (χ3n) is 1.94. The lowest BCUT2D eigenvalue weighted by molar-refractivity contribution is 0.0991. The van der Waals surface area contributed by atoms with Crippen LogP contribution in [0.2, 0.25) is 0 Å². The Balaban J connectivity index is 2.12. The Morgan fingerprint density at radius 2 is 2.00 bits per heavy atom. The van der Waals surface area contributed by atoms with Crippen molar-refractivity contribution in [2.45, 2.75) is 6.42 Å². The second-order valence-corrected chi connectivity index (χ2v) is 3.04. The first-order chi connectivity index (χ1) is 7.36. The van der Waals surface area contributed by atoms with Gasteiger partial charge in [-0.25, -0.2) is 0 Å². The van der Waals surface area contributed by atoms with Crippen molar-refractivity contribution in [3.63, 3.8) is 0 Å². The van der Waals surface area contributed by atoms with E-state index in [1.54, 1.807) is 43.1 Å². The first kappa shape index (κ1) is 9.45. The van der Waals surface area contributed by atoms with Gasteiger partial charge in [0.25, 0.3) is 0 Å². The van der Waals surface area contributed by atoms with Gasteiger partial charge in [-0.15, -0.1) is 0 Å². The summed E-state index contributed by atoms with van der Waals surface area (Å²) in [6, 6.07) is 3.48. The standard InChI is InChI=1S/C11H9N3O/c15-11(9-2-1-3-12-7-9)6-10-8-13-4-5-14-10/h1-5,7-8H,6H2. The van der Waals surface area contributed by atoms with Crippen LogP contribution in [-0.2, 0) is 6.42 Å². The van der Waals surface area contributed by atoms with Crippen LogP contribution in [0.15, 0.2) is 43.1 Å². The highest BCUT2D eigenvalue weighted by Gasteiger charge is 2.07. The van der Waals surface area contributed by atoms with Gasteiger partial charge in [-0.1, -0.05) is 0 Å². The molecule has 74 valence electrons. The average molecular weight is 199 g/mol. The number of Topliss-reactive ketones (excluding diaryl/α,β-unsaturated/α-hetero) is 1. The van der Waals surface area contributed by atoms with Gasteiger partial charge in [-0.3, -0.25) is 19.7 Å². The number of nitrogens with zero attached hydrogens (tertiary/aromatic N) is 3. The van der Waals surface area contributed by atoms with Crippen LogP contribution in [0.5, 0.6) is 0 Å². The van der Waals surface area contributed by atoms with E-state index < -0.39 is 0 Å². The predicted octanol–water partition coefficient (Wildman–Crippen LogP) is 1.30. The number of hydrogen-bond donors (Lipinski definition) is 0. The van der Waals surface area contributed by atoms with Crippen LogP contribution in [0.1, 0.15) is 16.1 Å². The number of pyridine rings is 1. The van der Waals surface area contributed by atoms with Gasteiger partial charge < -0.3 is 0 Å². The quantitative estimate of drug-likeness (QED) is 0.699. The largest absolute Gasteiger partial charge is 0.294 e. The molecule has 0 aliphatic heterocycles. The Labute approximate surface area is 87.0 Å². The molecule has 0 fully saturated rings. The molecule has 0 aromatic carbocycles. The van der Waals surface area contributed by atoms with Gasteiger partial charge in [0.05, 0.1) is 12.1 Å². The zero-order chi connectivity index (χ0) is 10.5. The summed E-state index contributed by atoms with van der Waals surface area (Å²) < 4.78 is 0. The van der Waals surface area contributed by atoms with Crippen LogP contribution in [0.4, 0.5) is 0 Å². The minimum absolute atomic E-state index is 0.00333. The molecule has 2 rings (SSSR count). The minimum Gasteiger partial charge on any atom is -0.294 e. The summed E-state index contributed by atoms with van der Waals surface area (Å²) in [6.07, 6.45) is 8.20. The second kappa shape index (κ2) is 4.41. The highest BCUT2D eigenvalue weighted by atomic mass is 16.1. The van der Waals surface area contributed by atoms with E-state index in [1.165, 1.54) is 0 Å². The maximum atomic E-state index is 11.7. The fourth-order valence-electron chi connectivity index (χ4n) is 1.22. The van der Waals surface area contributed by atoms with E-state index in [2.05, 4.69) is 15.0 Å². The number of aromatic nitrogens is 3. The molecule has 0 aliphatic rings. The van der Waals surface area contributed by atoms with Crippen molar-refractivity contribution in [1.29, 1.82) is 0 Å². The van der Waals surface area contributed by atoms with Crippen molar-refractivity contribution >= 4 is 5.78 Å². The van der Waals surface area contributed by atoms with Gasteiger partial charge in [0, 0.05) is 36.5 Å². The summed E-state index contributed by atoms with van der Waals surface area (Å²) in [5.74, 6) is 0.00333. The van der Waals surface area contributed by atoms with Crippen LogP contribution in [0.25, 0.3) is 0 Å². The van der Waals surface area contributed by atoms with Gasteiger partial charge in [0.1, 0.15) is 0 Å². The van der Waals surface area contributed by atoms with E-state index in [9.17, 15) is 4.79 Å². The third-order valence-corrected chi connectivity index (χ3v) is 1.94. The summed E-state index contributed by atoms with van der Waals surface area (Å²) in [5.41, 5.74) is 1.27. The molecule has 0 bridgehead atoms. The van der Waals surface area contributed by atoms with Gasteiger partial charge >= 0.3 is 0 Å². The van der Waals surface area contributed by atoms with Crippen molar-refractivity contribution in [3.05, 3.63) is 54.4 Å². The lowest BCUT2D eigenvalue weighted by atomic mass is 10.1. The molecule has 15 heavy (non-hydrogen) atoms. The molecule has 2 aromatic heterocycles. The maximum absolute atomic E-state index is 11.7. The van der Waals surface area contributed by atoms with E-state index in [4.69, 9.17) is 0 Å². The Morgan fingerprint density at radius 3 is 2.67 bits per heavy atom. The average Bonchev–Trinajstić information content (AvgIpc) is 2.31. The Kier molecular flexibility index (Phi) is 2.78. The lowest BCUT2D eigenvalue weighted by Crippen LogP contribution is -2.05. The zero-order valence-electron chi connectivity index (χ0n) is 8.00. The molecule has 0 spiro atoms. The molecule has 0 unspecified atom stereocenters. The molecule has 4 heteroatoms. The molecule has 0 aliphatic carbocycles. The summed E-state index contributed by atoms with van der Waals surface area (Å²) >= 11 is 0. The fraction of sp³-hybridized carbons (Fsp3) is 0.0909. The first-order valence-electron chi connectivity index (χ1n) is 4.54. The highest BCUT2D eigenvalue weighted by molar-refractivity contribution is 5.96. The number of ketones is 1. The maximum Gasteiger partial charge on any atom is 0.170 e. The predicted molar refractivity (Wildman–Crippen MR) is 54.3 cm³/mol. The van der Waals surface area contributed by atoms with Crippen molar-refractivity contribution in [1.82, 2.24) is 15.0 Å². The van der Waals surface area contributed by atoms with Gasteiger partial charge in [0.2, 0.25) is 0 Å². The molecule has 0 saturated carbocycles. The fourth-order valence-corrected chi connectivity index (χ4v) is 1.22. The number of carbonyl (C=O) groups is 1. The van der Waals surface area contributed by atoms with E-state index in [0.717, 1.165) is 0 Å². The van der Waals surface area contributed by atoms with Crippen LogP contribution in [0.3, 0.4) is 0 Å². The SMILES string of the molecule is O=C(Cc1cnccn1)c1cccnc1. The molecular formula is C11H9N3O. The van der Waals surface area contributed by atoms with E-state index in [0.29, 0.717) is 11.3 Å². The Hall–Kier alpha value is -2.10. The molecule has 0 amide bonds. The number of hydrogen-bond acceptors (Lipinski definition) is 4. The van der Waals surface area contributed by atoms with Crippen LogP contribution in [0, 0.1) is 0 Å². The van der Waals surface area contributed by atoms with Gasteiger partial charge in [0.15, 0.2) is 5.78 Å². The number of carbonyl (C=O) groups excluding carboxylic acids is 1. The highest BCUT2D eigenvalue weighted by Crippen LogP contribution is 2.02. The molecular weight excluding hydrogens is 190 g/mol. The van der Waals surface area contributed by atoms with E-state index >= 15 is 0 Å². The Bertz CT molecular complexity index is 442. The molecule has 0 radical (unpaired) electrons. The molecule has 0 N–H and O–H groups in total. The van der Waals surface area contributed by atoms with E-state index in [1.807, 2.05) is 0 Å². The van der Waals surface area contributed by atoms with Gasteiger partial charge in [-0.2, -0.15) is 0 Å². The van der Waals surface area contributed by atoms with Crippen molar-refractivity contribution < 1.29 is 4.79 Å². The molecule has 2 aromatic rings. The molecule has 4 nitrogen and oxygen atoms in total.